The Morgan fingerprint density at radius 3 is 2.33 bits per heavy atom. The molecule has 0 aromatic carbocycles. The van der Waals surface area contributed by atoms with Crippen LogP contribution in [-0.2, 0) is 4.79 Å². The van der Waals surface area contributed by atoms with Crippen molar-refractivity contribution in [3.63, 3.8) is 0 Å². The third-order valence-electron chi connectivity index (χ3n) is 1.66. The van der Waals surface area contributed by atoms with E-state index in [-0.39, 0.29) is 5.78 Å². The second-order valence-electron chi connectivity index (χ2n) is 2.78. The van der Waals surface area contributed by atoms with Crippen LogP contribution in [0.25, 0.3) is 0 Å². The number of carbonyl (C=O) groups excluding carboxylic acids is 1. The van der Waals surface area contributed by atoms with Crippen LogP contribution < -0.4 is 0 Å². The molecule has 0 amide bonds. The molecule has 0 saturated heterocycles. The summed E-state index contributed by atoms with van der Waals surface area (Å²) >= 11 is 0. The number of ketones is 1. The monoisotopic (exact) mass is 164 g/mol. The van der Waals surface area contributed by atoms with E-state index in [0.717, 1.165) is 11.1 Å². The summed E-state index contributed by atoms with van der Waals surface area (Å²) in [6.45, 7) is 9.14. The minimum Gasteiger partial charge on any atom is -0.300 e. The van der Waals surface area contributed by atoms with Crippen LogP contribution in [0, 0.1) is 0 Å². The smallest absolute Gasteiger partial charge is 0.134 e. The van der Waals surface area contributed by atoms with E-state index in [1.54, 1.807) is 13.0 Å². The molecule has 0 atom stereocenters. The Balaban J connectivity index is 4.47. The third kappa shape index (κ3) is 3.91. The van der Waals surface area contributed by atoms with Crippen molar-refractivity contribution in [3.8, 4) is 0 Å². The van der Waals surface area contributed by atoms with Crippen molar-refractivity contribution in [1.82, 2.24) is 0 Å². The standard InChI is InChI=1S/C11H16O/c1-5-7-9(3)11(6-2)8-10(4)12/h5-7H,1,8H2,2-4H3/b9-7+,11-6-. The molecular weight excluding hydrogens is 148 g/mol. The fraction of sp³-hybridized carbons (Fsp3) is 0.364. The van der Waals surface area contributed by atoms with Crippen LogP contribution in [0.15, 0.2) is 36.0 Å². The lowest BCUT2D eigenvalue weighted by atomic mass is 10.0. The Kier molecular flexibility index (Phi) is 5.02. The molecule has 0 radical (unpaired) electrons. The van der Waals surface area contributed by atoms with Gasteiger partial charge in [-0.2, -0.15) is 0 Å². The molecule has 1 heteroatoms. The first-order chi connectivity index (χ1) is 5.61. The predicted octanol–water partition coefficient (Wildman–Crippen LogP) is 3.04. The van der Waals surface area contributed by atoms with E-state index in [9.17, 15) is 4.79 Å². The quantitative estimate of drug-likeness (QED) is 0.584. The van der Waals surface area contributed by atoms with Crippen LogP contribution in [0.3, 0.4) is 0 Å². The van der Waals surface area contributed by atoms with Gasteiger partial charge in [-0.05, 0) is 31.9 Å². The van der Waals surface area contributed by atoms with E-state index in [1.807, 2.05) is 26.0 Å². The number of hydrogen-bond donors (Lipinski definition) is 0. The molecule has 12 heavy (non-hydrogen) atoms. The van der Waals surface area contributed by atoms with Gasteiger partial charge in [-0.3, -0.25) is 4.79 Å². The van der Waals surface area contributed by atoms with Crippen molar-refractivity contribution in [3.05, 3.63) is 36.0 Å². The maximum absolute atomic E-state index is 10.8. The molecule has 0 heterocycles. The van der Waals surface area contributed by atoms with Crippen molar-refractivity contribution in [2.45, 2.75) is 27.2 Å². The minimum atomic E-state index is 0.194. The van der Waals surface area contributed by atoms with Gasteiger partial charge in [-0.1, -0.05) is 24.8 Å². The van der Waals surface area contributed by atoms with Gasteiger partial charge in [0.1, 0.15) is 5.78 Å². The summed E-state index contributed by atoms with van der Waals surface area (Å²) in [6.07, 6.45) is 6.14. The predicted molar refractivity (Wildman–Crippen MR) is 53.0 cm³/mol. The zero-order valence-electron chi connectivity index (χ0n) is 8.05. The van der Waals surface area contributed by atoms with Crippen LogP contribution in [0.5, 0.6) is 0 Å². The summed E-state index contributed by atoms with van der Waals surface area (Å²) in [5.41, 5.74) is 2.20. The maximum Gasteiger partial charge on any atom is 0.134 e. The summed E-state index contributed by atoms with van der Waals surface area (Å²) < 4.78 is 0. The van der Waals surface area contributed by atoms with Crippen LogP contribution >= 0.6 is 0 Å². The summed E-state index contributed by atoms with van der Waals surface area (Å²) in [5.74, 6) is 0.194. The van der Waals surface area contributed by atoms with E-state index < -0.39 is 0 Å². The number of hydrogen-bond acceptors (Lipinski definition) is 1. The van der Waals surface area contributed by atoms with Gasteiger partial charge in [0, 0.05) is 6.42 Å². The highest BCUT2D eigenvalue weighted by Gasteiger charge is 2.00. The average molecular weight is 164 g/mol. The molecule has 0 aliphatic heterocycles. The number of rotatable bonds is 4. The molecule has 0 aromatic heterocycles. The SMILES string of the molecule is C=C/C=C(C)/C(=C\C)CC(C)=O. The Morgan fingerprint density at radius 2 is 2.00 bits per heavy atom. The zero-order chi connectivity index (χ0) is 9.56. The molecule has 0 saturated carbocycles. The first-order valence-corrected chi connectivity index (χ1v) is 4.06. The van der Waals surface area contributed by atoms with Crippen molar-refractivity contribution in [2.24, 2.45) is 0 Å². The molecule has 0 spiro atoms. The minimum absolute atomic E-state index is 0.194. The second kappa shape index (κ2) is 5.53. The second-order valence-corrected chi connectivity index (χ2v) is 2.78. The molecule has 0 aliphatic carbocycles. The molecule has 0 aromatic rings. The Bertz CT molecular complexity index is 231. The number of allylic oxidation sites excluding steroid dienone is 5. The highest BCUT2D eigenvalue weighted by atomic mass is 16.1. The largest absolute Gasteiger partial charge is 0.300 e. The molecule has 0 rings (SSSR count). The molecule has 66 valence electrons. The van der Waals surface area contributed by atoms with Gasteiger partial charge in [0.05, 0.1) is 0 Å². The van der Waals surface area contributed by atoms with Gasteiger partial charge in [0.2, 0.25) is 0 Å². The summed E-state index contributed by atoms with van der Waals surface area (Å²) in [5, 5.41) is 0. The topological polar surface area (TPSA) is 17.1 Å². The Labute approximate surface area is 74.5 Å². The molecule has 1 nitrogen and oxygen atoms in total. The van der Waals surface area contributed by atoms with Crippen molar-refractivity contribution >= 4 is 5.78 Å². The average Bonchev–Trinajstić information content (AvgIpc) is 2.00. The summed E-state index contributed by atoms with van der Waals surface area (Å²) in [4.78, 5) is 10.8. The zero-order valence-corrected chi connectivity index (χ0v) is 8.05. The van der Waals surface area contributed by atoms with Gasteiger partial charge in [0.15, 0.2) is 0 Å². The fourth-order valence-corrected chi connectivity index (χ4v) is 1.02. The summed E-state index contributed by atoms with van der Waals surface area (Å²) in [6, 6.07) is 0. The molecular formula is C11H16O. The molecule has 0 aliphatic rings. The molecule has 0 bridgehead atoms. The van der Waals surface area contributed by atoms with E-state index in [1.165, 1.54) is 0 Å². The van der Waals surface area contributed by atoms with Gasteiger partial charge in [-0.15, -0.1) is 0 Å². The maximum atomic E-state index is 10.8. The Morgan fingerprint density at radius 1 is 1.42 bits per heavy atom. The fourth-order valence-electron chi connectivity index (χ4n) is 1.02. The van der Waals surface area contributed by atoms with Gasteiger partial charge in [-0.25, -0.2) is 0 Å². The summed E-state index contributed by atoms with van der Waals surface area (Å²) in [7, 11) is 0. The van der Waals surface area contributed by atoms with Crippen molar-refractivity contribution in [1.29, 1.82) is 0 Å². The van der Waals surface area contributed by atoms with Crippen molar-refractivity contribution in [2.75, 3.05) is 0 Å². The first-order valence-electron chi connectivity index (χ1n) is 4.06. The van der Waals surface area contributed by atoms with Crippen molar-refractivity contribution < 1.29 is 4.79 Å². The van der Waals surface area contributed by atoms with Crippen LogP contribution in [0.1, 0.15) is 27.2 Å². The van der Waals surface area contributed by atoms with E-state index in [2.05, 4.69) is 6.58 Å². The van der Waals surface area contributed by atoms with E-state index in [4.69, 9.17) is 0 Å². The molecule has 0 unspecified atom stereocenters. The van der Waals surface area contributed by atoms with Gasteiger partial charge in [0.25, 0.3) is 0 Å². The van der Waals surface area contributed by atoms with E-state index >= 15 is 0 Å². The molecule has 0 N–H and O–H groups in total. The normalized spacial score (nSPS) is 12.9. The lowest BCUT2D eigenvalue weighted by Gasteiger charge is -2.03. The molecule has 0 fully saturated rings. The first kappa shape index (κ1) is 10.9. The highest BCUT2D eigenvalue weighted by Crippen LogP contribution is 2.13. The number of carbonyl (C=O) groups is 1. The lowest BCUT2D eigenvalue weighted by Crippen LogP contribution is -1.94. The number of Topliss-reactive ketones (excluding diaryl/α,β-unsaturated/α-hetero) is 1. The Hall–Kier alpha value is -1.11. The van der Waals surface area contributed by atoms with Gasteiger partial charge >= 0.3 is 0 Å². The van der Waals surface area contributed by atoms with Crippen LogP contribution in [0.2, 0.25) is 0 Å². The van der Waals surface area contributed by atoms with Crippen LogP contribution in [0.4, 0.5) is 0 Å². The van der Waals surface area contributed by atoms with Gasteiger partial charge < -0.3 is 0 Å². The highest BCUT2D eigenvalue weighted by molar-refractivity contribution is 5.79. The lowest BCUT2D eigenvalue weighted by molar-refractivity contribution is -0.116. The van der Waals surface area contributed by atoms with Crippen LogP contribution in [-0.4, -0.2) is 5.78 Å². The van der Waals surface area contributed by atoms with E-state index in [0.29, 0.717) is 6.42 Å². The third-order valence-corrected chi connectivity index (χ3v) is 1.66.